The van der Waals surface area contributed by atoms with E-state index in [-0.39, 0.29) is 18.1 Å². The molecule has 6 heteroatoms. The molecule has 1 unspecified atom stereocenters. The van der Waals surface area contributed by atoms with Crippen molar-refractivity contribution in [2.45, 2.75) is 18.0 Å². The predicted octanol–water partition coefficient (Wildman–Crippen LogP) is 3.30. The fourth-order valence-electron chi connectivity index (χ4n) is 1.20. The average Bonchev–Trinajstić information content (AvgIpc) is 2.34. The van der Waals surface area contributed by atoms with Crippen LogP contribution in [0.1, 0.15) is 18.1 Å². The Labute approximate surface area is 107 Å². The second-order valence-electron chi connectivity index (χ2n) is 3.92. The molecule has 0 aliphatic heterocycles. The zero-order valence-corrected chi connectivity index (χ0v) is 10.5. The molecule has 0 spiro atoms. The fraction of sp³-hybridized carbons (Fsp3) is 0.417. The van der Waals surface area contributed by atoms with E-state index < -0.39 is 11.7 Å². The molecule has 0 amide bonds. The molecule has 0 aromatic heterocycles. The number of nitrogens with zero attached hydrogens (tertiary/aromatic N) is 1. The smallest absolute Gasteiger partial charge is 0.396 e. The van der Waals surface area contributed by atoms with E-state index in [0.717, 1.165) is 12.1 Å². The molecular formula is C12H12F3NOS. The van der Waals surface area contributed by atoms with Crippen LogP contribution in [0, 0.1) is 17.2 Å². The van der Waals surface area contributed by atoms with Gasteiger partial charge < -0.3 is 5.11 Å². The SMILES string of the molecule is CC(CO)CSc1ccc(C(F)(F)F)cc1C#N. The first-order valence-corrected chi connectivity index (χ1v) is 6.22. The summed E-state index contributed by atoms with van der Waals surface area (Å²) in [5.41, 5.74) is -0.807. The molecule has 1 N–H and O–H groups in total. The van der Waals surface area contributed by atoms with Crippen LogP contribution in [0.15, 0.2) is 23.1 Å². The summed E-state index contributed by atoms with van der Waals surface area (Å²) in [4.78, 5) is 0.505. The highest BCUT2D eigenvalue weighted by Crippen LogP contribution is 2.33. The van der Waals surface area contributed by atoms with Crippen LogP contribution in [0.5, 0.6) is 0 Å². The lowest BCUT2D eigenvalue weighted by molar-refractivity contribution is -0.137. The van der Waals surface area contributed by atoms with Gasteiger partial charge in [-0.1, -0.05) is 6.92 Å². The van der Waals surface area contributed by atoms with Crippen molar-refractivity contribution in [2.24, 2.45) is 5.92 Å². The van der Waals surface area contributed by atoms with Crippen molar-refractivity contribution < 1.29 is 18.3 Å². The molecular weight excluding hydrogens is 263 g/mol. The second kappa shape index (κ2) is 6.12. The Morgan fingerprint density at radius 1 is 1.44 bits per heavy atom. The van der Waals surface area contributed by atoms with Crippen LogP contribution in [0.2, 0.25) is 0 Å². The highest BCUT2D eigenvalue weighted by Gasteiger charge is 2.31. The van der Waals surface area contributed by atoms with Gasteiger partial charge in [-0.25, -0.2) is 0 Å². The Morgan fingerprint density at radius 2 is 2.11 bits per heavy atom. The highest BCUT2D eigenvalue weighted by molar-refractivity contribution is 7.99. The Balaban J connectivity index is 2.92. The number of thioether (sulfide) groups is 1. The molecule has 0 saturated carbocycles. The topological polar surface area (TPSA) is 44.0 Å². The number of aliphatic hydroxyl groups is 1. The minimum atomic E-state index is -4.44. The number of rotatable bonds is 4. The van der Waals surface area contributed by atoms with Gasteiger partial charge in [-0.05, 0) is 24.1 Å². The fourth-order valence-corrected chi connectivity index (χ4v) is 2.20. The van der Waals surface area contributed by atoms with Crippen molar-refractivity contribution in [3.63, 3.8) is 0 Å². The van der Waals surface area contributed by atoms with Crippen molar-refractivity contribution >= 4 is 11.8 Å². The molecule has 98 valence electrons. The number of aliphatic hydroxyl groups excluding tert-OH is 1. The lowest BCUT2D eigenvalue weighted by Gasteiger charge is -2.11. The zero-order valence-electron chi connectivity index (χ0n) is 9.66. The molecule has 1 aromatic carbocycles. The molecule has 18 heavy (non-hydrogen) atoms. The molecule has 0 saturated heterocycles. The Hall–Kier alpha value is -1.19. The van der Waals surface area contributed by atoms with E-state index >= 15 is 0 Å². The van der Waals surface area contributed by atoms with E-state index in [9.17, 15) is 13.2 Å². The first-order chi connectivity index (χ1) is 8.38. The maximum absolute atomic E-state index is 12.5. The first kappa shape index (κ1) is 14.9. The van der Waals surface area contributed by atoms with Gasteiger partial charge in [0.1, 0.15) is 6.07 Å². The third-order valence-electron chi connectivity index (χ3n) is 2.26. The van der Waals surface area contributed by atoms with Crippen LogP contribution in [0.25, 0.3) is 0 Å². The van der Waals surface area contributed by atoms with Gasteiger partial charge >= 0.3 is 6.18 Å². The molecule has 0 radical (unpaired) electrons. The maximum Gasteiger partial charge on any atom is 0.416 e. The molecule has 0 bridgehead atoms. The lowest BCUT2D eigenvalue weighted by Crippen LogP contribution is -2.06. The number of hydrogen-bond donors (Lipinski definition) is 1. The van der Waals surface area contributed by atoms with Gasteiger partial charge in [0.05, 0.1) is 11.1 Å². The van der Waals surface area contributed by atoms with E-state index in [1.807, 2.05) is 6.92 Å². The van der Waals surface area contributed by atoms with Gasteiger partial charge in [-0.3, -0.25) is 0 Å². The van der Waals surface area contributed by atoms with E-state index in [0.29, 0.717) is 10.6 Å². The van der Waals surface area contributed by atoms with Gasteiger partial charge in [0.25, 0.3) is 0 Å². The van der Waals surface area contributed by atoms with Gasteiger partial charge in [-0.15, -0.1) is 11.8 Å². The minimum absolute atomic E-state index is 0.00945. The second-order valence-corrected chi connectivity index (χ2v) is 4.98. The summed E-state index contributed by atoms with van der Waals surface area (Å²) in [6.45, 7) is 1.83. The van der Waals surface area contributed by atoms with E-state index in [1.165, 1.54) is 17.8 Å². The number of halogens is 3. The number of hydrogen-bond acceptors (Lipinski definition) is 3. The molecule has 0 heterocycles. The van der Waals surface area contributed by atoms with Crippen LogP contribution in [-0.2, 0) is 6.18 Å². The molecule has 2 nitrogen and oxygen atoms in total. The number of benzene rings is 1. The minimum Gasteiger partial charge on any atom is -0.396 e. The summed E-state index contributed by atoms with van der Waals surface area (Å²) in [5.74, 6) is 0.583. The Kier molecular flexibility index (Phi) is 5.05. The molecule has 1 aromatic rings. The van der Waals surface area contributed by atoms with E-state index in [2.05, 4.69) is 0 Å². The summed E-state index contributed by atoms with van der Waals surface area (Å²) in [5, 5.41) is 17.7. The summed E-state index contributed by atoms with van der Waals surface area (Å²) in [6, 6.07) is 4.89. The number of nitriles is 1. The lowest BCUT2D eigenvalue weighted by atomic mass is 10.1. The largest absolute Gasteiger partial charge is 0.416 e. The van der Waals surface area contributed by atoms with Crippen LogP contribution >= 0.6 is 11.8 Å². The van der Waals surface area contributed by atoms with Gasteiger partial charge in [-0.2, -0.15) is 18.4 Å². The monoisotopic (exact) mass is 275 g/mol. The van der Waals surface area contributed by atoms with E-state index in [1.54, 1.807) is 6.07 Å². The van der Waals surface area contributed by atoms with Crippen molar-refractivity contribution in [1.29, 1.82) is 5.26 Å². The number of alkyl halides is 3. The van der Waals surface area contributed by atoms with Gasteiger partial charge in [0.2, 0.25) is 0 Å². The van der Waals surface area contributed by atoms with Crippen LogP contribution in [-0.4, -0.2) is 17.5 Å². The molecule has 1 rings (SSSR count). The van der Waals surface area contributed by atoms with Gasteiger partial charge in [0.15, 0.2) is 0 Å². The third kappa shape index (κ3) is 3.93. The maximum atomic E-state index is 12.5. The van der Waals surface area contributed by atoms with Gasteiger partial charge in [0, 0.05) is 17.3 Å². The van der Waals surface area contributed by atoms with Crippen molar-refractivity contribution in [1.82, 2.24) is 0 Å². The molecule has 1 atom stereocenters. The predicted molar refractivity (Wildman–Crippen MR) is 63.1 cm³/mol. The quantitative estimate of drug-likeness (QED) is 0.857. The summed E-state index contributed by atoms with van der Waals surface area (Å²) >= 11 is 1.27. The summed E-state index contributed by atoms with van der Waals surface area (Å²) in [6.07, 6.45) is -4.44. The Bertz CT molecular complexity index is 454. The average molecular weight is 275 g/mol. The van der Waals surface area contributed by atoms with Crippen molar-refractivity contribution in [3.05, 3.63) is 29.3 Å². The molecule has 0 fully saturated rings. The first-order valence-electron chi connectivity index (χ1n) is 5.23. The van der Waals surface area contributed by atoms with Crippen LogP contribution < -0.4 is 0 Å². The standard InChI is InChI=1S/C12H12F3NOS/c1-8(6-17)7-18-11-3-2-10(12(13,14)15)4-9(11)5-16/h2-4,8,17H,6-7H2,1H3. The summed E-state index contributed by atoms with van der Waals surface area (Å²) < 4.78 is 37.4. The molecule has 0 aliphatic carbocycles. The zero-order chi connectivity index (χ0) is 13.8. The van der Waals surface area contributed by atoms with Crippen LogP contribution in [0.4, 0.5) is 13.2 Å². The third-order valence-corrected chi connectivity index (χ3v) is 3.67. The van der Waals surface area contributed by atoms with Crippen LogP contribution in [0.3, 0.4) is 0 Å². The molecule has 0 aliphatic rings. The Morgan fingerprint density at radius 3 is 2.61 bits per heavy atom. The summed E-state index contributed by atoms with van der Waals surface area (Å²) in [7, 11) is 0. The van der Waals surface area contributed by atoms with Crippen molar-refractivity contribution in [3.8, 4) is 6.07 Å². The normalized spacial score (nSPS) is 13.1. The van der Waals surface area contributed by atoms with E-state index in [4.69, 9.17) is 10.4 Å². The highest BCUT2D eigenvalue weighted by atomic mass is 32.2. The van der Waals surface area contributed by atoms with Crippen molar-refractivity contribution in [2.75, 3.05) is 12.4 Å².